The summed E-state index contributed by atoms with van der Waals surface area (Å²) in [6.45, 7) is 12.7. The standard InChI is InChI=1S/C51H79NO13/c1-30-16-12-11-13-17-31(2)42(61-8)28-38-21-19-36(7)51(60,65-38)48(57)49(58)52-23-15-14-18-39(52)50(59)64-43(33(4)26-37-20-22-40(53)44(27-37)62-9)29-41(54)32(3)25-35(6)46(56)47(63-10)45(55)34(5)24-30/h11-13,16-17,25,30,32-34,36-40,42-44,46-47,53,56,60H,14-15,18-24,26-29H2,1-10H3/b13-11+,16-12+,31-17+,35-25+/t30-,32?,33-,34-,36-,37+,38-,39+,40-,42+,43+,44-,46-,47+,51+/m1/s1. The second-order valence-electron chi connectivity index (χ2n) is 19.6. The number of fused-ring (bicyclic) bond motifs is 3. The van der Waals surface area contributed by atoms with Crippen LogP contribution in [0.4, 0.5) is 0 Å². The summed E-state index contributed by atoms with van der Waals surface area (Å²) in [7, 11) is 4.52. The number of Topliss-reactive ketones (excluding diaryl/α,β-unsaturated/α-hetero) is 3. The van der Waals surface area contributed by atoms with E-state index in [9.17, 15) is 39.3 Å². The highest BCUT2D eigenvalue weighted by Gasteiger charge is 2.53. The fourth-order valence-corrected chi connectivity index (χ4v) is 10.1. The van der Waals surface area contributed by atoms with Crippen molar-refractivity contribution in [2.24, 2.45) is 35.5 Å². The lowest BCUT2D eigenvalue weighted by molar-refractivity contribution is -0.265. The molecule has 3 N–H and O–H groups in total. The SMILES string of the molecule is CO[C@H]1C[C@H]2CC[C@@H](C)[C@](O)(O2)C(=O)C(=O)N2CCCC[C@H]2C(=O)O[C@H]([C@H](C)C[C@@H]2CC[C@@H](O)[C@H](OC)C2)CC(=O)C(C)/C=C(\C)[C@@H](O)[C@@H](OC)C(=O)[C@H](C)C[C@H](C)/C=C/C=C/C=C/1C. The fourth-order valence-electron chi connectivity index (χ4n) is 10.1. The predicted molar refractivity (Wildman–Crippen MR) is 245 cm³/mol. The van der Waals surface area contributed by atoms with E-state index < -0.39 is 83.9 Å². The van der Waals surface area contributed by atoms with Gasteiger partial charge in [0, 0.05) is 58.5 Å². The molecule has 14 nitrogen and oxygen atoms in total. The van der Waals surface area contributed by atoms with Crippen LogP contribution in [0.25, 0.3) is 0 Å². The molecule has 14 heteroatoms. The van der Waals surface area contributed by atoms with Crippen LogP contribution in [-0.4, -0.2) is 132 Å². The van der Waals surface area contributed by atoms with E-state index in [4.69, 9.17) is 23.7 Å². The minimum absolute atomic E-state index is 0.0193. The quantitative estimate of drug-likeness (QED) is 0.156. The summed E-state index contributed by atoms with van der Waals surface area (Å²) in [5, 5.41) is 33.8. The van der Waals surface area contributed by atoms with E-state index >= 15 is 0 Å². The predicted octanol–water partition coefficient (Wildman–Crippen LogP) is 6.18. The van der Waals surface area contributed by atoms with Gasteiger partial charge in [0.25, 0.3) is 11.7 Å². The first-order valence-electron chi connectivity index (χ1n) is 23.9. The largest absolute Gasteiger partial charge is 0.460 e. The van der Waals surface area contributed by atoms with Gasteiger partial charge in [0.05, 0.1) is 24.4 Å². The number of hydrogen-bond donors (Lipinski definition) is 3. The van der Waals surface area contributed by atoms with E-state index in [-0.39, 0.29) is 54.8 Å². The first-order chi connectivity index (χ1) is 30.7. The Balaban J connectivity index is 1.70. The zero-order valence-electron chi connectivity index (χ0n) is 40.6. The molecule has 65 heavy (non-hydrogen) atoms. The van der Waals surface area contributed by atoms with Gasteiger partial charge >= 0.3 is 5.97 Å². The molecule has 1 unspecified atom stereocenters. The van der Waals surface area contributed by atoms with Crippen LogP contribution >= 0.6 is 0 Å². The molecule has 2 bridgehead atoms. The number of aliphatic hydroxyl groups is 3. The van der Waals surface area contributed by atoms with Crippen molar-refractivity contribution in [3.05, 3.63) is 47.6 Å². The number of allylic oxidation sites excluding steroid dienone is 6. The number of ether oxygens (including phenoxy) is 5. The number of cyclic esters (lactones) is 1. The van der Waals surface area contributed by atoms with Crippen LogP contribution in [0, 0.1) is 35.5 Å². The molecule has 3 heterocycles. The fraction of sp³-hybridized carbons (Fsp3) is 0.745. The summed E-state index contributed by atoms with van der Waals surface area (Å²) in [5.74, 6) is -7.96. The zero-order chi connectivity index (χ0) is 48.2. The maximum Gasteiger partial charge on any atom is 0.329 e. The molecule has 4 aliphatic rings. The van der Waals surface area contributed by atoms with Gasteiger partial charge in [-0.25, -0.2) is 4.79 Å². The summed E-state index contributed by atoms with van der Waals surface area (Å²) in [4.78, 5) is 71.8. The van der Waals surface area contributed by atoms with Crippen LogP contribution in [0.15, 0.2) is 47.6 Å². The molecule has 0 radical (unpaired) electrons. The van der Waals surface area contributed by atoms with Crippen LogP contribution in [0.5, 0.6) is 0 Å². The third-order valence-electron chi connectivity index (χ3n) is 14.5. The molecule has 15 atom stereocenters. The van der Waals surface area contributed by atoms with Gasteiger partial charge in [0.2, 0.25) is 5.79 Å². The maximum atomic E-state index is 14.4. The van der Waals surface area contributed by atoms with Crippen LogP contribution < -0.4 is 0 Å². The van der Waals surface area contributed by atoms with Gasteiger partial charge in [0.15, 0.2) is 5.78 Å². The average molecular weight is 914 g/mol. The topological polar surface area (TPSA) is 195 Å². The normalized spacial score (nSPS) is 40.4. The van der Waals surface area contributed by atoms with Crippen molar-refractivity contribution in [2.45, 2.75) is 180 Å². The summed E-state index contributed by atoms with van der Waals surface area (Å²) in [6.07, 6.45) is 11.2. The Morgan fingerprint density at radius 1 is 0.846 bits per heavy atom. The van der Waals surface area contributed by atoms with Crippen molar-refractivity contribution < 1.29 is 63.0 Å². The lowest BCUT2D eigenvalue weighted by Crippen LogP contribution is -2.61. The Kier molecular flexibility index (Phi) is 21.0. The van der Waals surface area contributed by atoms with Gasteiger partial charge in [-0.3, -0.25) is 19.2 Å². The van der Waals surface area contributed by atoms with Crippen LogP contribution in [0.1, 0.15) is 126 Å². The van der Waals surface area contributed by atoms with Crippen LogP contribution in [0.2, 0.25) is 0 Å². The molecule has 3 fully saturated rings. The highest BCUT2D eigenvalue weighted by Crippen LogP contribution is 2.38. The lowest BCUT2D eigenvalue weighted by Gasteiger charge is -2.42. The number of esters is 1. The Morgan fingerprint density at radius 2 is 1.57 bits per heavy atom. The third-order valence-corrected chi connectivity index (χ3v) is 14.5. The number of piperidine rings is 1. The summed E-state index contributed by atoms with van der Waals surface area (Å²) >= 11 is 0. The molecule has 1 aliphatic carbocycles. The number of rotatable bonds is 6. The molecule has 4 rings (SSSR count). The van der Waals surface area contributed by atoms with E-state index in [2.05, 4.69) is 0 Å². The van der Waals surface area contributed by atoms with E-state index in [0.717, 1.165) is 12.0 Å². The molecule has 3 aliphatic heterocycles. The third kappa shape index (κ3) is 14.3. The Labute approximate surface area is 387 Å². The summed E-state index contributed by atoms with van der Waals surface area (Å²) in [6, 6.07) is -1.14. The monoisotopic (exact) mass is 914 g/mol. The lowest BCUT2D eigenvalue weighted by atomic mass is 9.78. The molecule has 1 amide bonds. The minimum Gasteiger partial charge on any atom is -0.460 e. The van der Waals surface area contributed by atoms with E-state index in [1.807, 2.05) is 58.1 Å². The van der Waals surface area contributed by atoms with Gasteiger partial charge in [-0.2, -0.15) is 0 Å². The molecular weight excluding hydrogens is 835 g/mol. The average Bonchev–Trinajstić information content (AvgIpc) is 3.28. The number of methoxy groups -OCH3 is 3. The van der Waals surface area contributed by atoms with E-state index in [1.54, 1.807) is 41.1 Å². The van der Waals surface area contributed by atoms with Crippen molar-refractivity contribution in [3.63, 3.8) is 0 Å². The van der Waals surface area contributed by atoms with Gasteiger partial charge in [-0.15, -0.1) is 0 Å². The van der Waals surface area contributed by atoms with Crippen molar-refractivity contribution in [2.75, 3.05) is 27.9 Å². The number of aliphatic hydroxyl groups excluding tert-OH is 2. The zero-order valence-corrected chi connectivity index (χ0v) is 40.6. The molecule has 366 valence electrons. The smallest absolute Gasteiger partial charge is 0.329 e. The Bertz CT molecular complexity index is 1760. The van der Waals surface area contributed by atoms with Gasteiger partial charge < -0.3 is 43.9 Å². The van der Waals surface area contributed by atoms with Gasteiger partial charge in [0.1, 0.15) is 30.1 Å². The first-order valence-corrected chi connectivity index (χ1v) is 23.9. The van der Waals surface area contributed by atoms with Gasteiger partial charge in [-0.05, 0) is 107 Å². The maximum absolute atomic E-state index is 14.4. The number of ketones is 3. The molecule has 0 aromatic rings. The summed E-state index contributed by atoms with van der Waals surface area (Å²) < 4.78 is 29.4. The number of nitrogens with zero attached hydrogens (tertiary/aromatic N) is 1. The number of hydrogen-bond acceptors (Lipinski definition) is 13. The number of carbonyl (C=O) groups is 5. The molecule has 0 spiro atoms. The van der Waals surface area contributed by atoms with Crippen molar-refractivity contribution in [3.8, 4) is 0 Å². The molecule has 0 aromatic carbocycles. The second-order valence-corrected chi connectivity index (χ2v) is 19.6. The number of carbonyl (C=O) groups excluding carboxylic acids is 5. The summed E-state index contributed by atoms with van der Waals surface area (Å²) in [5.41, 5.74) is 1.27. The Hall–Kier alpha value is -3.37. The second kappa shape index (κ2) is 25.1. The van der Waals surface area contributed by atoms with Crippen LogP contribution in [-0.2, 0) is 47.7 Å². The molecular formula is C51H79NO13. The highest BCUT2D eigenvalue weighted by molar-refractivity contribution is 6.39. The molecule has 1 saturated carbocycles. The first kappa shape index (κ1) is 54.2. The number of amides is 1. The van der Waals surface area contributed by atoms with Crippen molar-refractivity contribution >= 4 is 29.2 Å². The highest BCUT2D eigenvalue weighted by atomic mass is 16.6. The van der Waals surface area contributed by atoms with Crippen molar-refractivity contribution in [1.82, 2.24) is 4.90 Å². The molecule has 2 saturated heterocycles. The minimum atomic E-state index is -2.43. The Morgan fingerprint density at radius 3 is 2.25 bits per heavy atom. The van der Waals surface area contributed by atoms with E-state index in [1.165, 1.54) is 12.0 Å². The van der Waals surface area contributed by atoms with Crippen LogP contribution in [0.3, 0.4) is 0 Å². The van der Waals surface area contributed by atoms with Crippen molar-refractivity contribution in [1.29, 1.82) is 0 Å². The van der Waals surface area contributed by atoms with E-state index in [0.29, 0.717) is 63.4 Å². The molecule has 0 aromatic heterocycles. The van der Waals surface area contributed by atoms with Gasteiger partial charge in [-0.1, -0.05) is 71.1 Å².